The Morgan fingerprint density at radius 3 is 2.78 bits per heavy atom. The van der Waals surface area contributed by atoms with Crippen LogP contribution in [0.1, 0.15) is 23.2 Å². The number of methoxy groups -OCH3 is 1. The minimum absolute atomic E-state index is 0.0921. The van der Waals surface area contributed by atoms with Gasteiger partial charge >= 0.3 is 11.9 Å². The highest BCUT2D eigenvalue weighted by Crippen LogP contribution is 2.44. The maximum Gasteiger partial charge on any atom is 0.337 e. The first-order valence-electron chi connectivity index (χ1n) is 7.97. The Morgan fingerprint density at radius 1 is 1.41 bits per heavy atom. The van der Waals surface area contributed by atoms with Gasteiger partial charge in [-0.15, -0.1) is 0 Å². The topological polar surface area (TPSA) is 64.6 Å². The Labute approximate surface area is 151 Å². The van der Waals surface area contributed by atoms with E-state index in [1.807, 2.05) is 0 Å². The van der Waals surface area contributed by atoms with Gasteiger partial charge < -0.3 is 14.8 Å². The van der Waals surface area contributed by atoms with E-state index in [1.54, 1.807) is 0 Å². The summed E-state index contributed by atoms with van der Waals surface area (Å²) in [5.41, 5.74) is -1.26. The Balaban J connectivity index is 2.30. The second kappa shape index (κ2) is 7.42. The van der Waals surface area contributed by atoms with Gasteiger partial charge in [-0.1, -0.05) is 12.1 Å². The summed E-state index contributed by atoms with van der Waals surface area (Å²) in [6.45, 7) is -2.85. The summed E-state index contributed by atoms with van der Waals surface area (Å²) < 4.78 is 64.7. The predicted octanol–water partition coefficient (Wildman–Crippen LogP) is 2.70. The normalized spacial score (nSPS) is 20.2. The zero-order valence-corrected chi connectivity index (χ0v) is 14.2. The van der Waals surface area contributed by atoms with Gasteiger partial charge in [0.25, 0.3) is 0 Å². The standard InChI is InChI=1S/C18H15F4NO4/c1-26-17(24)15-11(6-20)23-12-7-27-18(25)16(12)14(15)8-3-2-4-9(21)13(8)10(22)5-19/h2-4,10,14,23H,5-7H2,1H3/t10-,14-/m0/s1. The Kier molecular flexibility index (Phi) is 5.20. The number of carbonyl (C=O) groups is 2. The lowest BCUT2D eigenvalue weighted by atomic mass is 9.78. The zero-order chi connectivity index (χ0) is 19.7. The molecule has 1 aromatic carbocycles. The lowest BCUT2D eigenvalue weighted by Gasteiger charge is -2.29. The van der Waals surface area contributed by atoms with Crippen LogP contribution in [-0.4, -0.2) is 39.0 Å². The molecule has 0 fully saturated rings. The van der Waals surface area contributed by atoms with Crippen molar-refractivity contribution < 1.29 is 36.6 Å². The van der Waals surface area contributed by atoms with Crippen LogP contribution in [0.2, 0.25) is 0 Å². The Morgan fingerprint density at radius 2 is 2.15 bits per heavy atom. The van der Waals surface area contributed by atoms with E-state index in [0.29, 0.717) is 0 Å². The summed E-state index contributed by atoms with van der Waals surface area (Å²) in [4.78, 5) is 24.6. The van der Waals surface area contributed by atoms with Gasteiger partial charge in [-0.05, 0) is 11.6 Å². The van der Waals surface area contributed by atoms with Crippen LogP contribution in [0.15, 0.2) is 40.7 Å². The van der Waals surface area contributed by atoms with Crippen LogP contribution in [0.25, 0.3) is 0 Å². The molecule has 5 nitrogen and oxygen atoms in total. The second-order valence-electron chi connectivity index (χ2n) is 5.91. The molecule has 0 spiro atoms. The maximum absolute atomic E-state index is 14.3. The number of ether oxygens (including phenoxy) is 2. The highest BCUT2D eigenvalue weighted by molar-refractivity contribution is 6.01. The molecule has 144 valence electrons. The number of rotatable bonds is 5. The van der Waals surface area contributed by atoms with Crippen LogP contribution in [-0.2, 0) is 19.1 Å². The van der Waals surface area contributed by atoms with Crippen molar-refractivity contribution in [1.29, 1.82) is 0 Å². The largest absolute Gasteiger partial charge is 0.466 e. The second-order valence-corrected chi connectivity index (χ2v) is 5.91. The van der Waals surface area contributed by atoms with Gasteiger partial charge in [0.2, 0.25) is 0 Å². The molecular formula is C18H15F4NO4. The first kappa shape index (κ1) is 18.9. The fraction of sp³-hybridized carbons (Fsp3) is 0.333. The molecule has 2 heterocycles. The van der Waals surface area contributed by atoms with Crippen LogP contribution < -0.4 is 5.32 Å². The van der Waals surface area contributed by atoms with Gasteiger partial charge in [0.15, 0.2) is 6.17 Å². The number of halogens is 4. The number of dihydropyridines is 1. The summed E-state index contributed by atoms with van der Waals surface area (Å²) in [7, 11) is 1.05. The average molecular weight is 385 g/mol. The molecule has 0 aromatic heterocycles. The number of carbonyl (C=O) groups excluding carboxylic acids is 2. The molecule has 0 radical (unpaired) electrons. The van der Waals surface area contributed by atoms with Crippen molar-refractivity contribution in [2.45, 2.75) is 12.1 Å². The third-order valence-corrected chi connectivity index (χ3v) is 4.48. The number of hydrogen-bond donors (Lipinski definition) is 1. The predicted molar refractivity (Wildman–Crippen MR) is 85.1 cm³/mol. The number of allylic oxidation sites excluding steroid dienone is 1. The summed E-state index contributed by atoms with van der Waals surface area (Å²) in [6.07, 6.45) is -2.33. The van der Waals surface area contributed by atoms with Crippen LogP contribution in [0.5, 0.6) is 0 Å². The van der Waals surface area contributed by atoms with Crippen LogP contribution >= 0.6 is 0 Å². The van der Waals surface area contributed by atoms with Crippen LogP contribution in [0.3, 0.4) is 0 Å². The number of alkyl halides is 3. The molecule has 3 rings (SSSR count). The fourth-order valence-corrected chi connectivity index (χ4v) is 3.36. The quantitative estimate of drug-likeness (QED) is 0.624. The van der Waals surface area contributed by atoms with Crippen molar-refractivity contribution in [2.24, 2.45) is 0 Å². The molecule has 2 atom stereocenters. The van der Waals surface area contributed by atoms with Crippen molar-refractivity contribution in [3.05, 3.63) is 57.7 Å². The summed E-state index contributed by atoms with van der Waals surface area (Å²) >= 11 is 0. The van der Waals surface area contributed by atoms with Gasteiger partial charge in [-0.25, -0.2) is 27.2 Å². The van der Waals surface area contributed by atoms with Crippen molar-refractivity contribution >= 4 is 11.9 Å². The van der Waals surface area contributed by atoms with E-state index in [4.69, 9.17) is 4.74 Å². The smallest absolute Gasteiger partial charge is 0.337 e. The van der Waals surface area contributed by atoms with E-state index in [9.17, 15) is 27.2 Å². The lowest BCUT2D eigenvalue weighted by molar-refractivity contribution is -0.136. The molecule has 0 saturated heterocycles. The Bertz CT molecular complexity index is 865. The molecule has 2 aliphatic heterocycles. The molecule has 2 aliphatic rings. The van der Waals surface area contributed by atoms with Gasteiger partial charge in [0.1, 0.15) is 25.8 Å². The van der Waals surface area contributed by atoms with E-state index < -0.39 is 48.8 Å². The van der Waals surface area contributed by atoms with E-state index in [1.165, 1.54) is 12.1 Å². The highest BCUT2D eigenvalue weighted by atomic mass is 19.2. The van der Waals surface area contributed by atoms with E-state index >= 15 is 0 Å². The van der Waals surface area contributed by atoms with Gasteiger partial charge in [-0.2, -0.15) is 0 Å². The lowest BCUT2D eigenvalue weighted by Crippen LogP contribution is -2.32. The molecule has 0 bridgehead atoms. The third-order valence-electron chi connectivity index (χ3n) is 4.48. The van der Waals surface area contributed by atoms with Crippen LogP contribution in [0, 0.1) is 5.82 Å². The monoisotopic (exact) mass is 385 g/mol. The average Bonchev–Trinajstić information content (AvgIpc) is 3.05. The number of hydrogen-bond acceptors (Lipinski definition) is 5. The minimum Gasteiger partial charge on any atom is -0.466 e. The van der Waals surface area contributed by atoms with Gasteiger partial charge in [-0.3, -0.25) is 0 Å². The number of esters is 2. The first-order valence-corrected chi connectivity index (χ1v) is 7.97. The van der Waals surface area contributed by atoms with E-state index in [0.717, 1.165) is 13.2 Å². The van der Waals surface area contributed by atoms with E-state index in [-0.39, 0.29) is 34.7 Å². The minimum atomic E-state index is -2.33. The number of nitrogens with one attached hydrogen (secondary N) is 1. The molecule has 0 unspecified atom stereocenters. The number of benzene rings is 1. The van der Waals surface area contributed by atoms with Gasteiger partial charge in [0, 0.05) is 5.56 Å². The van der Waals surface area contributed by atoms with Crippen LogP contribution in [0.4, 0.5) is 17.6 Å². The van der Waals surface area contributed by atoms with Crippen molar-refractivity contribution in [3.8, 4) is 0 Å². The molecule has 1 aromatic rings. The number of cyclic esters (lactones) is 1. The molecule has 9 heteroatoms. The summed E-state index contributed by atoms with van der Waals surface area (Å²) in [5.74, 6) is -4.22. The zero-order valence-electron chi connectivity index (χ0n) is 14.2. The highest BCUT2D eigenvalue weighted by Gasteiger charge is 2.44. The van der Waals surface area contributed by atoms with Crippen molar-refractivity contribution in [2.75, 3.05) is 27.1 Å². The molecule has 27 heavy (non-hydrogen) atoms. The molecule has 0 saturated carbocycles. The first-order chi connectivity index (χ1) is 12.9. The molecule has 0 aliphatic carbocycles. The maximum atomic E-state index is 14.3. The Hall–Kier alpha value is -2.84. The third kappa shape index (κ3) is 3.07. The molecule has 1 N–H and O–H groups in total. The fourth-order valence-electron chi connectivity index (χ4n) is 3.36. The molecule has 0 amide bonds. The van der Waals surface area contributed by atoms with Crippen molar-refractivity contribution in [3.63, 3.8) is 0 Å². The van der Waals surface area contributed by atoms with Gasteiger partial charge in [0.05, 0.1) is 35.6 Å². The van der Waals surface area contributed by atoms with E-state index in [2.05, 4.69) is 10.1 Å². The van der Waals surface area contributed by atoms with Crippen molar-refractivity contribution in [1.82, 2.24) is 5.32 Å². The summed E-state index contributed by atoms with van der Waals surface area (Å²) in [5, 5.41) is 2.61. The SMILES string of the molecule is COC(=O)C1=C(CF)NC2=C(C(=O)OC2)[C@H]1c1cccc(F)c1[C@@H](F)CF. The molecular weight excluding hydrogens is 370 g/mol. The summed E-state index contributed by atoms with van der Waals surface area (Å²) in [6, 6.07) is 3.42.